The van der Waals surface area contributed by atoms with Crippen molar-refractivity contribution < 1.29 is 19.4 Å². The highest BCUT2D eigenvalue weighted by Gasteiger charge is 2.33. The van der Waals surface area contributed by atoms with Gasteiger partial charge in [0.25, 0.3) is 0 Å². The van der Waals surface area contributed by atoms with Crippen LogP contribution in [0, 0.1) is 12.8 Å². The summed E-state index contributed by atoms with van der Waals surface area (Å²) in [5.41, 5.74) is 1.86. The molecule has 0 spiro atoms. The van der Waals surface area contributed by atoms with Gasteiger partial charge in [0.15, 0.2) is 11.5 Å². The highest BCUT2D eigenvalue weighted by molar-refractivity contribution is 5.77. The molecule has 1 aliphatic heterocycles. The molecule has 0 amide bonds. The van der Waals surface area contributed by atoms with Crippen LogP contribution in [-0.4, -0.2) is 24.3 Å². The van der Waals surface area contributed by atoms with E-state index in [1.165, 1.54) is 0 Å². The number of carboxylic acids is 1. The van der Waals surface area contributed by atoms with E-state index in [0.717, 1.165) is 42.6 Å². The van der Waals surface area contributed by atoms with E-state index in [2.05, 4.69) is 0 Å². The minimum atomic E-state index is -0.725. The van der Waals surface area contributed by atoms with Crippen LogP contribution in [0.2, 0.25) is 0 Å². The monoisotopic (exact) mass is 276 g/mol. The number of benzene rings is 1. The van der Waals surface area contributed by atoms with E-state index in [0.29, 0.717) is 19.0 Å². The Balaban J connectivity index is 1.99. The summed E-state index contributed by atoms with van der Waals surface area (Å²) in [5, 5.41) is 9.64. The van der Waals surface area contributed by atoms with Crippen molar-refractivity contribution in [3.05, 3.63) is 23.3 Å². The van der Waals surface area contributed by atoms with Crippen molar-refractivity contribution in [2.24, 2.45) is 5.92 Å². The normalized spacial score (nSPS) is 19.9. The van der Waals surface area contributed by atoms with E-state index in [9.17, 15) is 9.90 Å². The number of rotatable bonds is 3. The lowest BCUT2D eigenvalue weighted by molar-refractivity contribution is -0.140. The Kier molecular flexibility index (Phi) is 3.55. The Bertz CT molecular complexity index is 517. The third-order valence-electron chi connectivity index (χ3n) is 4.40. The van der Waals surface area contributed by atoms with Gasteiger partial charge in [0.1, 0.15) is 13.2 Å². The van der Waals surface area contributed by atoms with Crippen molar-refractivity contribution in [1.29, 1.82) is 0 Å². The fraction of sp³-hybridized carbons (Fsp3) is 0.562. The van der Waals surface area contributed by atoms with Gasteiger partial charge in [-0.1, -0.05) is 12.8 Å². The third kappa shape index (κ3) is 2.35. The van der Waals surface area contributed by atoms with Gasteiger partial charge in [-0.05, 0) is 48.9 Å². The standard InChI is InChI=1S/C16H20O4/c1-10-8-13-14(20-7-6-19-13)9-12(10)15(16(17)18)11-4-2-3-5-11/h8-9,11,15H,2-7H2,1H3,(H,17,18). The van der Waals surface area contributed by atoms with E-state index < -0.39 is 11.9 Å². The fourth-order valence-electron chi connectivity index (χ4n) is 3.42. The zero-order chi connectivity index (χ0) is 14.1. The number of fused-ring (bicyclic) bond motifs is 1. The second-order valence-corrected chi connectivity index (χ2v) is 5.71. The first-order valence-corrected chi connectivity index (χ1v) is 7.30. The summed E-state index contributed by atoms with van der Waals surface area (Å²) in [6.07, 6.45) is 4.28. The number of carbonyl (C=O) groups is 1. The largest absolute Gasteiger partial charge is 0.486 e. The number of aliphatic carboxylic acids is 1. The van der Waals surface area contributed by atoms with E-state index in [1.807, 2.05) is 19.1 Å². The molecule has 0 bridgehead atoms. The van der Waals surface area contributed by atoms with Crippen LogP contribution in [0.15, 0.2) is 12.1 Å². The second-order valence-electron chi connectivity index (χ2n) is 5.71. The molecule has 1 atom stereocenters. The summed E-state index contributed by atoms with van der Waals surface area (Å²) in [5.74, 6) is 0.507. The Labute approximate surface area is 118 Å². The van der Waals surface area contributed by atoms with Crippen LogP contribution < -0.4 is 9.47 Å². The van der Waals surface area contributed by atoms with Crippen molar-refractivity contribution >= 4 is 5.97 Å². The first kappa shape index (κ1) is 13.3. The van der Waals surface area contributed by atoms with Gasteiger partial charge in [0.05, 0.1) is 5.92 Å². The average molecular weight is 276 g/mol. The van der Waals surface area contributed by atoms with Crippen LogP contribution in [0.1, 0.15) is 42.7 Å². The number of ether oxygens (including phenoxy) is 2. The van der Waals surface area contributed by atoms with Gasteiger partial charge in [0.2, 0.25) is 0 Å². The Morgan fingerprint density at radius 3 is 2.40 bits per heavy atom. The van der Waals surface area contributed by atoms with Crippen LogP contribution >= 0.6 is 0 Å². The number of hydrogen-bond donors (Lipinski definition) is 1. The Morgan fingerprint density at radius 2 is 1.80 bits per heavy atom. The van der Waals surface area contributed by atoms with Gasteiger partial charge in [-0.25, -0.2) is 0 Å². The molecule has 1 unspecified atom stereocenters. The molecule has 4 heteroatoms. The summed E-state index contributed by atoms with van der Waals surface area (Å²) in [6.45, 7) is 3.03. The molecule has 0 saturated heterocycles. The lowest BCUT2D eigenvalue weighted by Crippen LogP contribution is -2.22. The summed E-state index contributed by atoms with van der Waals surface area (Å²) in [7, 11) is 0. The highest BCUT2D eigenvalue weighted by Crippen LogP contribution is 2.42. The van der Waals surface area contributed by atoms with Gasteiger partial charge >= 0.3 is 5.97 Å². The predicted molar refractivity (Wildman–Crippen MR) is 74.5 cm³/mol. The van der Waals surface area contributed by atoms with E-state index in [-0.39, 0.29) is 5.92 Å². The number of hydrogen-bond acceptors (Lipinski definition) is 3. The van der Waals surface area contributed by atoms with E-state index >= 15 is 0 Å². The van der Waals surface area contributed by atoms with Crippen LogP contribution in [-0.2, 0) is 4.79 Å². The molecule has 1 aromatic rings. The first-order valence-electron chi connectivity index (χ1n) is 7.30. The third-order valence-corrected chi connectivity index (χ3v) is 4.40. The van der Waals surface area contributed by atoms with Crippen LogP contribution in [0.4, 0.5) is 0 Å². The molecule has 2 aliphatic rings. The molecule has 1 fully saturated rings. The first-order chi connectivity index (χ1) is 9.66. The van der Waals surface area contributed by atoms with Gasteiger partial charge < -0.3 is 14.6 Å². The smallest absolute Gasteiger partial charge is 0.311 e. The van der Waals surface area contributed by atoms with Crippen molar-refractivity contribution in [2.45, 2.75) is 38.5 Å². The van der Waals surface area contributed by atoms with Gasteiger partial charge in [0, 0.05) is 0 Å². The second kappa shape index (κ2) is 5.35. The maximum absolute atomic E-state index is 11.7. The molecule has 1 aromatic carbocycles. The Morgan fingerprint density at radius 1 is 1.20 bits per heavy atom. The SMILES string of the molecule is Cc1cc2c(cc1C(C(=O)O)C1CCCC1)OCCO2. The summed E-state index contributed by atoms with van der Waals surface area (Å²) >= 11 is 0. The predicted octanol–water partition coefficient (Wildman–Crippen LogP) is 3.12. The van der Waals surface area contributed by atoms with Crippen molar-refractivity contribution in [3.63, 3.8) is 0 Å². The lowest BCUT2D eigenvalue weighted by atomic mass is 9.82. The number of carboxylic acid groups (broad SMARTS) is 1. The van der Waals surface area contributed by atoms with E-state index in [4.69, 9.17) is 9.47 Å². The molecular formula is C16H20O4. The maximum atomic E-state index is 11.7. The topological polar surface area (TPSA) is 55.8 Å². The fourth-order valence-corrected chi connectivity index (χ4v) is 3.42. The molecule has 108 valence electrons. The molecule has 1 heterocycles. The quantitative estimate of drug-likeness (QED) is 0.921. The molecule has 0 aromatic heterocycles. The lowest BCUT2D eigenvalue weighted by Gasteiger charge is -2.25. The van der Waals surface area contributed by atoms with Crippen molar-refractivity contribution in [2.75, 3.05) is 13.2 Å². The minimum absolute atomic E-state index is 0.244. The molecular weight excluding hydrogens is 256 g/mol. The summed E-state index contributed by atoms with van der Waals surface area (Å²) < 4.78 is 11.1. The van der Waals surface area contributed by atoms with Gasteiger partial charge in [-0.3, -0.25) is 4.79 Å². The molecule has 1 aliphatic carbocycles. The summed E-state index contributed by atoms with van der Waals surface area (Å²) in [6, 6.07) is 3.79. The number of aryl methyl sites for hydroxylation is 1. The van der Waals surface area contributed by atoms with Crippen LogP contribution in [0.3, 0.4) is 0 Å². The Hall–Kier alpha value is -1.71. The molecule has 4 nitrogen and oxygen atoms in total. The molecule has 0 radical (unpaired) electrons. The minimum Gasteiger partial charge on any atom is -0.486 e. The molecule has 3 rings (SSSR count). The highest BCUT2D eigenvalue weighted by atomic mass is 16.6. The van der Waals surface area contributed by atoms with Crippen LogP contribution in [0.25, 0.3) is 0 Å². The van der Waals surface area contributed by atoms with Gasteiger partial charge in [-0.2, -0.15) is 0 Å². The zero-order valence-corrected chi connectivity index (χ0v) is 11.7. The van der Waals surface area contributed by atoms with Gasteiger partial charge in [-0.15, -0.1) is 0 Å². The van der Waals surface area contributed by atoms with E-state index in [1.54, 1.807) is 0 Å². The van der Waals surface area contributed by atoms with Crippen molar-refractivity contribution in [1.82, 2.24) is 0 Å². The average Bonchev–Trinajstić information content (AvgIpc) is 2.93. The molecule has 1 N–H and O–H groups in total. The van der Waals surface area contributed by atoms with Crippen molar-refractivity contribution in [3.8, 4) is 11.5 Å². The maximum Gasteiger partial charge on any atom is 0.311 e. The van der Waals surface area contributed by atoms with Crippen LogP contribution in [0.5, 0.6) is 11.5 Å². The molecule has 1 saturated carbocycles. The summed E-state index contributed by atoms with van der Waals surface area (Å²) in [4.78, 5) is 11.7. The zero-order valence-electron chi connectivity index (χ0n) is 11.7. The molecule has 20 heavy (non-hydrogen) atoms.